The first-order chi connectivity index (χ1) is 17.8. The predicted molar refractivity (Wildman–Crippen MR) is 128 cm³/mol. The Balaban J connectivity index is 2.03. The molecular formula is C22H19ClF4N4O6S. The van der Waals surface area contributed by atoms with E-state index in [1.165, 1.54) is 18.3 Å². The topological polar surface area (TPSA) is 139 Å². The second kappa shape index (κ2) is 11.9. The van der Waals surface area contributed by atoms with Crippen LogP contribution in [0.15, 0.2) is 55.9 Å². The van der Waals surface area contributed by atoms with Gasteiger partial charge in [-0.2, -0.15) is 13.2 Å². The van der Waals surface area contributed by atoms with Crippen LogP contribution in [0.1, 0.15) is 19.0 Å². The number of nitrogens with zero attached hydrogens (tertiary/aromatic N) is 3. The van der Waals surface area contributed by atoms with E-state index in [0.29, 0.717) is 6.61 Å². The second-order valence-electron chi connectivity index (χ2n) is 7.43. The molecule has 0 aliphatic rings. The van der Waals surface area contributed by atoms with Gasteiger partial charge in [0, 0.05) is 30.2 Å². The van der Waals surface area contributed by atoms with Gasteiger partial charge >= 0.3 is 17.8 Å². The van der Waals surface area contributed by atoms with Gasteiger partial charge in [-0.15, -0.1) is 0 Å². The number of hydrogen-bond acceptors (Lipinski definition) is 8. The fourth-order valence-electron chi connectivity index (χ4n) is 3.13. The van der Waals surface area contributed by atoms with E-state index in [4.69, 9.17) is 26.9 Å². The Morgan fingerprint density at radius 1 is 1.26 bits per heavy atom. The van der Waals surface area contributed by atoms with Crippen LogP contribution in [0.5, 0.6) is 5.88 Å². The van der Waals surface area contributed by atoms with Gasteiger partial charge in [0.05, 0.1) is 22.2 Å². The van der Waals surface area contributed by atoms with Crippen LogP contribution in [0.4, 0.5) is 17.6 Å². The smallest absolute Gasteiger partial charge is 0.433 e. The third kappa shape index (κ3) is 6.46. The summed E-state index contributed by atoms with van der Waals surface area (Å²) in [5, 5.41) is 9.28. The number of nitrogens with two attached hydrogens (primary N) is 1. The molecule has 3 aromatic rings. The van der Waals surface area contributed by atoms with Gasteiger partial charge in [-0.1, -0.05) is 23.4 Å². The van der Waals surface area contributed by atoms with E-state index in [9.17, 15) is 37.1 Å². The fraction of sp³-hybridized carbons (Fsp3) is 0.273. The van der Waals surface area contributed by atoms with Crippen molar-refractivity contribution in [3.8, 4) is 11.6 Å². The number of carboxylic acid groups (broad SMARTS) is 1. The molecule has 0 saturated carbocycles. The van der Waals surface area contributed by atoms with Crippen molar-refractivity contribution in [1.29, 1.82) is 0 Å². The summed E-state index contributed by atoms with van der Waals surface area (Å²) >= 11 is 6.97. The number of rotatable bonds is 10. The number of nitrogen functional groups attached to an aromatic ring is 1. The zero-order valence-corrected chi connectivity index (χ0v) is 20.9. The number of carboxylic acids is 1. The van der Waals surface area contributed by atoms with E-state index in [0.717, 1.165) is 23.9 Å². The normalized spacial score (nSPS) is 12.4. The Morgan fingerprint density at radius 3 is 2.61 bits per heavy atom. The highest BCUT2D eigenvalue weighted by Crippen LogP contribution is 2.39. The number of carbonyl (C=O) groups is 1. The zero-order chi connectivity index (χ0) is 28.2. The van der Waals surface area contributed by atoms with Crippen molar-refractivity contribution in [3.05, 3.63) is 73.9 Å². The molecule has 2 aromatic heterocycles. The van der Waals surface area contributed by atoms with Gasteiger partial charge in [-0.3, -0.25) is 4.79 Å². The molecule has 0 aliphatic carbocycles. The SMILES string of the molecule is CCOCCC(Oc1ncccc1Sc1cc(-n2c(=O)cc(C(F)(F)F)n(N)c2=O)c(F)cc1Cl)C(=O)O. The van der Waals surface area contributed by atoms with Crippen molar-refractivity contribution < 1.29 is 36.9 Å². The van der Waals surface area contributed by atoms with Crippen molar-refractivity contribution in [1.82, 2.24) is 14.2 Å². The molecule has 1 aromatic carbocycles. The van der Waals surface area contributed by atoms with E-state index >= 15 is 0 Å². The summed E-state index contributed by atoms with van der Waals surface area (Å²) in [6.45, 7) is 2.22. The van der Waals surface area contributed by atoms with Crippen LogP contribution in [0.25, 0.3) is 5.69 Å². The highest BCUT2D eigenvalue weighted by Gasteiger charge is 2.36. The first-order valence-corrected chi connectivity index (χ1v) is 11.9. The van der Waals surface area contributed by atoms with Gasteiger partial charge in [0.15, 0.2) is 11.8 Å². The molecule has 10 nitrogen and oxygen atoms in total. The maximum atomic E-state index is 14.8. The number of aromatic nitrogens is 3. The van der Waals surface area contributed by atoms with Crippen molar-refractivity contribution in [3.63, 3.8) is 0 Å². The van der Waals surface area contributed by atoms with Crippen LogP contribution >= 0.6 is 23.4 Å². The van der Waals surface area contributed by atoms with E-state index in [1.54, 1.807) is 6.92 Å². The number of hydrogen-bond donors (Lipinski definition) is 2. The summed E-state index contributed by atoms with van der Waals surface area (Å²) in [5.41, 5.74) is -5.57. The molecule has 38 heavy (non-hydrogen) atoms. The number of halogens is 5. The number of alkyl halides is 3. The third-order valence-corrected chi connectivity index (χ3v) is 6.40. The lowest BCUT2D eigenvalue weighted by Crippen LogP contribution is -2.45. The molecule has 16 heteroatoms. The lowest BCUT2D eigenvalue weighted by atomic mass is 10.2. The lowest BCUT2D eigenvalue weighted by Gasteiger charge is -2.17. The van der Waals surface area contributed by atoms with Crippen molar-refractivity contribution in [2.45, 2.75) is 35.4 Å². The van der Waals surface area contributed by atoms with E-state index in [2.05, 4.69) is 4.98 Å². The summed E-state index contributed by atoms with van der Waals surface area (Å²) in [5.74, 6) is 2.67. The van der Waals surface area contributed by atoms with Crippen LogP contribution in [0.3, 0.4) is 0 Å². The molecule has 2 heterocycles. The van der Waals surface area contributed by atoms with Gasteiger partial charge in [0.2, 0.25) is 5.88 Å². The average Bonchev–Trinajstić information content (AvgIpc) is 2.83. The Bertz CT molecular complexity index is 1460. The molecule has 1 atom stereocenters. The minimum atomic E-state index is -5.11. The largest absolute Gasteiger partial charge is 0.479 e. The van der Waals surface area contributed by atoms with Crippen LogP contribution < -0.4 is 21.8 Å². The summed E-state index contributed by atoms with van der Waals surface area (Å²) in [6.07, 6.45) is -5.08. The Kier molecular flexibility index (Phi) is 9.06. The van der Waals surface area contributed by atoms with Gasteiger partial charge in [-0.05, 0) is 31.2 Å². The standard InChI is InChI=1S/C22H19ClF4N4O6S/c1-2-36-7-5-14(20(33)34)37-19-15(4-3-6-29-19)38-16-9-13(12(24)8-11(16)23)30-18(32)10-17(22(25,26)27)31(28)21(30)35/h3-4,6,8-10,14H,2,5,7,28H2,1H3,(H,33,34). The lowest BCUT2D eigenvalue weighted by molar-refractivity contribution is -0.146. The van der Waals surface area contributed by atoms with Crippen molar-refractivity contribution in [2.75, 3.05) is 19.1 Å². The van der Waals surface area contributed by atoms with Crippen LogP contribution in [-0.2, 0) is 15.7 Å². The Hall–Kier alpha value is -3.56. The molecule has 3 N–H and O–H groups in total. The van der Waals surface area contributed by atoms with E-state index in [-0.39, 0.29) is 49.0 Å². The Labute approximate surface area is 220 Å². The van der Waals surface area contributed by atoms with Crippen LogP contribution in [0.2, 0.25) is 5.02 Å². The Morgan fingerprint density at radius 2 is 1.97 bits per heavy atom. The second-order valence-corrected chi connectivity index (χ2v) is 8.92. The molecule has 0 saturated heterocycles. The molecule has 3 rings (SSSR count). The van der Waals surface area contributed by atoms with Gasteiger partial charge in [0.25, 0.3) is 5.56 Å². The number of pyridine rings is 1. The van der Waals surface area contributed by atoms with Crippen molar-refractivity contribution >= 4 is 29.3 Å². The van der Waals surface area contributed by atoms with E-state index in [1.807, 2.05) is 0 Å². The molecule has 1 unspecified atom stereocenters. The zero-order valence-electron chi connectivity index (χ0n) is 19.4. The number of benzene rings is 1. The molecule has 0 fully saturated rings. The summed E-state index contributed by atoms with van der Waals surface area (Å²) in [6, 6.07) is 4.76. The quantitative estimate of drug-likeness (QED) is 0.211. The molecule has 0 bridgehead atoms. The summed E-state index contributed by atoms with van der Waals surface area (Å²) in [4.78, 5) is 40.8. The van der Waals surface area contributed by atoms with Crippen molar-refractivity contribution in [2.24, 2.45) is 0 Å². The molecule has 0 spiro atoms. The summed E-state index contributed by atoms with van der Waals surface area (Å²) in [7, 11) is 0. The van der Waals surface area contributed by atoms with E-state index < -0.39 is 46.7 Å². The highest BCUT2D eigenvalue weighted by molar-refractivity contribution is 7.99. The first-order valence-electron chi connectivity index (χ1n) is 10.7. The molecule has 0 radical (unpaired) electrons. The minimum Gasteiger partial charge on any atom is -0.479 e. The first kappa shape index (κ1) is 29.0. The molecule has 204 valence electrons. The van der Waals surface area contributed by atoms with Gasteiger partial charge in [0.1, 0.15) is 5.82 Å². The van der Waals surface area contributed by atoms with Crippen LogP contribution in [-0.4, -0.2) is 44.6 Å². The highest BCUT2D eigenvalue weighted by atomic mass is 35.5. The maximum Gasteiger partial charge on any atom is 0.433 e. The minimum absolute atomic E-state index is 0.00745. The summed E-state index contributed by atoms with van der Waals surface area (Å²) < 4.78 is 64.6. The molecular weight excluding hydrogens is 560 g/mol. The molecule has 0 amide bonds. The average molecular weight is 579 g/mol. The number of ether oxygens (including phenoxy) is 2. The van der Waals surface area contributed by atoms with Gasteiger partial charge < -0.3 is 20.4 Å². The monoisotopic (exact) mass is 578 g/mol. The fourth-order valence-corrected chi connectivity index (χ4v) is 4.29. The number of aliphatic carboxylic acids is 1. The van der Waals surface area contributed by atoms with Gasteiger partial charge in [-0.25, -0.2) is 28.2 Å². The van der Waals surface area contributed by atoms with Crippen LogP contribution in [0, 0.1) is 5.82 Å². The predicted octanol–water partition coefficient (Wildman–Crippen LogP) is 3.33. The maximum absolute atomic E-state index is 14.8. The molecule has 0 aliphatic heterocycles. The third-order valence-electron chi connectivity index (χ3n) is 4.88.